The molecule has 0 atom stereocenters. The number of carbonyl (C=O) groups is 1. The Balaban J connectivity index is 0.00000338. The van der Waals surface area contributed by atoms with E-state index in [4.69, 9.17) is 9.47 Å². The first kappa shape index (κ1) is 22.3. The minimum absolute atomic E-state index is 0. The Kier molecular flexibility index (Phi) is 8.97. The standard InChI is InChI=1S/C18H28N4O3.HI/c1-18(2,3)25-17(23)22-12-14(13-22)21-16(19-4)20-10-11-24-15-8-6-5-7-9-15;/h5-9,14H,10-13H2,1-4H3,(H2,19,20,21);1H. The molecule has 7 nitrogen and oxygen atoms in total. The van der Waals surface area contributed by atoms with Crippen molar-refractivity contribution < 1.29 is 14.3 Å². The van der Waals surface area contributed by atoms with Gasteiger partial charge < -0.3 is 25.0 Å². The summed E-state index contributed by atoms with van der Waals surface area (Å²) < 4.78 is 11.0. The number of amides is 1. The van der Waals surface area contributed by atoms with Crippen LogP contribution in [0.2, 0.25) is 0 Å². The highest BCUT2D eigenvalue weighted by molar-refractivity contribution is 14.0. The van der Waals surface area contributed by atoms with Crippen molar-refractivity contribution >= 4 is 36.0 Å². The first-order chi connectivity index (χ1) is 11.9. The number of hydrogen-bond acceptors (Lipinski definition) is 4. The highest BCUT2D eigenvalue weighted by Gasteiger charge is 2.34. The van der Waals surface area contributed by atoms with Crippen LogP contribution in [-0.2, 0) is 4.74 Å². The van der Waals surface area contributed by atoms with Gasteiger partial charge in [-0.15, -0.1) is 24.0 Å². The van der Waals surface area contributed by atoms with Crippen molar-refractivity contribution in [3.8, 4) is 5.75 Å². The summed E-state index contributed by atoms with van der Waals surface area (Å²) in [4.78, 5) is 17.8. The molecule has 0 unspecified atom stereocenters. The van der Waals surface area contributed by atoms with Crippen LogP contribution in [-0.4, -0.2) is 61.9 Å². The number of nitrogens with one attached hydrogen (secondary N) is 2. The zero-order valence-electron chi connectivity index (χ0n) is 15.8. The zero-order valence-corrected chi connectivity index (χ0v) is 18.2. The van der Waals surface area contributed by atoms with Gasteiger partial charge in [-0.2, -0.15) is 0 Å². The molecular weight excluding hydrogens is 447 g/mol. The summed E-state index contributed by atoms with van der Waals surface area (Å²) in [5.74, 6) is 1.55. The number of carbonyl (C=O) groups excluding carboxylic acids is 1. The second-order valence-corrected chi connectivity index (χ2v) is 6.89. The zero-order chi connectivity index (χ0) is 18.3. The summed E-state index contributed by atoms with van der Waals surface area (Å²) in [6, 6.07) is 9.86. The van der Waals surface area contributed by atoms with E-state index < -0.39 is 5.60 Å². The van der Waals surface area contributed by atoms with E-state index in [1.807, 2.05) is 51.1 Å². The second kappa shape index (κ2) is 10.4. The Labute approximate surface area is 172 Å². The number of guanidine groups is 1. The minimum atomic E-state index is -0.466. The highest BCUT2D eigenvalue weighted by atomic mass is 127. The molecule has 1 saturated heterocycles. The van der Waals surface area contributed by atoms with Crippen molar-refractivity contribution in [2.75, 3.05) is 33.3 Å². The molecule has 146 valence electrons. The number of halogens is 1. The molecule has 1 amide bonds. The quantitative estimate of drug-likeness (QED) is 0.296. The minimum Gasteiger partial charge on any atom is -0.492 e. The summed E-state index contributed by atoms with van der Waals surface area (Å²) >= 11 is 0. The topological polar surface area (TPSA) is 75.2 Å². The van der Waals surface area contributed by atoms with Gasteiger partial charge in [-0.3, -0.25) is 4.99 Å². The van der Waals surface area contributed by atoms with Gasteiger partial charge in [0.1, 0.15) is 18.0 Å². The van der Waals surface area contributed by atoms with E-state index in [1.54, 1.807) is 11.9 Å². The fourth-order valence-corrected chi connectivity index (χ4v) is 2.29. The monoisotopic (exact) mass is 476 g/mol. The Bertz CT molecular complexity index is 584. The maximum Gasteiger partial charge on any atom is 0.410 e. The molecular formula is C18H29IN4O3. The van der Waals surface area contributed by atoms with Crippen LogP contribution in [0.5, 0.6) is 5.75 Å². The Morgan fingerprint density at radius 1 is 1.27 bits per heavy atom. The maximum atomic E-state index is 11.9. The summed E-state index contributed by atoms with van der Waals surface area (Å²) in [6.45, 7) is 7.99. The predicted octanol–water partition coefficient (Wildman–Crippen LogP) is 2.47. The molecule has 0 aromatic heterocycles. The van der Waals surface area contributed by atoms with Gasteiger partial charge in [-0.1, -0.05) is 18.2 Å². The fraction of sp³-hybridized carbons (Fsp3) is 0.556. The number of rotatable bonds is 5. The van der Waals surface area contributed by atoms with Crippen molar-refractivity contribution in [1.29, 1.82) is 0 Å². The van der Waals surface area contributed by atoms with Crippen molar-refractivity contribution in [3.05, 3.63) is 30.3 Å². The summed E-state index contributed by atoms with van der Waals surface area (Å²) in [7, 11) is 1.72. The molecule has 1 fully saturated rings. The van der Waals surface area contributed by atoms with E-state index in [1.165, 1.54) is 0 Å². The molecule has 8 heteroatoms. The molecule has 1 aliphatic rings. The molecule has 0 bridgehead atoms. The lowest BCUT2D eigenvalue weighted by Gasteiger charge is -2.40. The van der Waals surface area contributed by atoms with Gasteiger partial charge in [0.05, 0.1) is 12.6 Å². The molecule has 26 heavy (non-hydrogen) atoms. The van der Waals surface area contributed by atoms with Crippen LogP contribution in [0.3, 0.4) is 0 Å². The van der Waals surface area contributed by atoms with Crippen LogP contribution < -0.4 is 15.4 Å². The fourth-order valence-electron chi connectivity index (χ4n) is 2.29. The van der Waals surface area contributed by atoms with Crippen LogP contribution in [0, 0.1) is 0 Å². The third kappa shape index (κ3) is 7.67. The third-order valence-electron chi connectivity index (χ3n) is 3.50. The molecule has 0 radical (unpaired) electrons. The van der Waals surface area contributed by atoms with Crippen LogP contribution >= 0.6 is 24.0 Å². The van der Waals surface area contributed by atoms with E-state index >= 15 is 0 Å². The summed E-state index contributed by atoms with van der Waals surface area (Å²) in [5.41, 5.74) is -0.466. The Morgan fingerprint density at radius 3 is 2.50 bits per heavy atom. The molecule has 2 rings (SSSR count). The maximum absolute atomic E-state index is 11.9. The normalized spacial score (nSPS) is 14.8. The van der Waals surface area contributed by atoms with Gasteiger partial charge in [0.25, 0.3) is 0 Å². The summed E-state index contributed by atoms with van der Waals surface area (Å²) in [6.07, 6.45) is -0.273. The third-order valence-corrected chi connectivity index (χ3v) is 3.50. The van der Waals surface area contributed by atoms with Gasteiger partial charge in [0.15, 0.2) is 5.96 Å². The molecule has 1 heterocycles. The van der Waals surface area contributed by atoms with E-state index in [2.05, 4.69) is 15.6 Å². The largest absolute Gasteiger partial charge is 0.492 e. The van der Waals surface area contributed by atoms with Gasteiger partial charge >= 0.3 is 6.09 Å². The van der Waals surface area contributed by atoms with Crippen molar-refractivity contribution in [2.45, 2.75) is 32.4 Å². The van der Waals surface area contributed by atoms with E-state index in [0.717, 1.165) is 5.75 Å². The van der Waals surface area contributed by atoms with Crippen LogP contribution in [0.4, 0.5) is 4.79 Å². The SMILES string of the molecule is CN=C(NCCOc1ccccc1)NC1CN(C(=O)OC(C)(C)C)C1.I. The Morgan fingerprint density at radius 2 is 1.92 bits per heavy atom. The van der Waals surface area contributed by atoms with Gasteiger partial charge in [0.2, 0.25) is 0 Å². The van der Waals surface area contributed by atoms with E-state index in [9.17, 15) is 4.79 Å². The number of para-hydroxylation sites is 1. The van der Waals surface area contributed by atoms with Crippen LogP contribution in [0.25, 0.3) is 0 Å². The lowest BCUT2D eigenvalue weighted by atomic mass is 10.1. The number of aliphatic imine (C=N–C) groups is 1. The molecule has 1 aromatic rings. The molecule has 0 aliphatic carbocycles. The van der Waals surface area contributed by atoms with E-state index in [0.29, 0.717) is 32.2 Å². The number of benzene rings is 1. The molecule has 1 aliphatic heterocycles. The van der Waals surface area contributed by atoms with Crippen molar-refractivity contribution in [3.63, 3.8) is 0 Å². The van der Waals surface area contributed by atoms with Crippen molar-refractivity contribution in [2.24, 2.45) is 4.99 Å². The molecule has 0 spiro atoms. The lowest BCUT2D eigenvalue weighted by molar-refractivity contribution is 0.00701. The van der Waals surface area contributed by atoms with Crippen LogP contribution in [0.1, 0.15) is 20.8 Å². The molecule has 1 aromatic carbocycles. The highest BCUT2D eigenvalue weighted by Crippen LogP contribution is 2.15. The summed E-state index contributed by atoms with van der Waals surface area (Å²) in [5, 5.41) is 6.48. The van der Waals surface area contributed by atoms with Gasteiger partial charge in [-0.25, -0.2) is 4.79 Å². The van der Waals surface area contributed by atoms with Gasteiger partial charge in [0, 0.05) is 20.1 Å². The first-order valence-corrected chi connectivity index (χ1v) is 8.50. The average Bonchev–Trinajstić information content (AvgIpc) is 2.51. The molecule has 0 saturated carbocycles. The Hall–Kier alpha value is -1.71. The number of ether oxygens (including phenoxy) is 2. The average molecular weight is 476 g/mol. The lowest BCUT2D eigenvalue weighted by Crippen LogP contribution is -2.63. The number of likely N-dealkylation sites (tertiary alicyclic amines) is 1. The predicted molar refractivity (Wildman–Crippen MR) is 113 cm³/mol. The molecule has 2 N–H and O–H groups in total. The first-order valence-electron chi connectivity index (χ1n) is 8.50. The van der Waals surface area contributed by atoms with E-state index in [-0.39, 0.29) is 36.1 Å². The number of hydrogen-bond donors (Lipinski definition) is 2. The van der Waals surface area contributed by atoms with Crippen molar-refractivity contribution in [1.82, 2.24) is 15.5 Å². The van der Waals surface area contributed by atoms with Gasteiger partial charge in [-0.05, 0) is 32.9 Å². The van der Waals surface area contributed by atoms with Crippen LogP contribution in [0.15, 0.2) is 35.3 Å². The second-order valence-electron chi connectivity index (χ2n) is 6.89. The number of nitrogens with zero attached hydrogens (tertiary/aromatic N) is 2. The smallest absolute Gasteiger partial charge is 0.410 e.